The monoisotopic (exact) mass is 634 g/mol. The van der Waals surface area contributed by atoms with Crippen molar-refractivity contribution >= 4 is 10.8 Å². The molecule has 0 atom stereocenters. The van der Waals surface area contributed by atoms with Crippen molar-refractivity contribution in [2.24, 2.45) is 0 Å². The van der Waals surface area contributed by atoms with E-state index in [4.69, 9.17) is 13.6 Å². The van der Waals surface area contributed by atoms with Crippen LogP contribution in [-0.4, -0.2) is 27.0 Å². The Balaban J connectivity index is 1.02. The Hall–Kier alpha value is -4.26. The molecule has 2 aromatic heterocycles. The molecule has 47 heavy (non-hydrogen) atoms. The summed E-state index contributed by atoms with van der Waals surface area (Å²) in [7, 11) is 0. The van der Waals surface area contributed by atoms with Gasteiger partial charge in [0.25, 0.3) is 0 Å². The fourth-order valence-electron chi connectivity index (χ4n) is 5.88. The molecule has 0 aliphatic carbocycles. The van der Waals surface area contributed by atoms with Crippen molar-refractivity contribution in [1.29, 1.82) is 0 Å². The van der Waals surface area contributed by atoms with Gasteiger partial charge in [-0.2, -0.15) is 0 Å². The molecule has 0 aliphatic rings. The molecule has 0 fully saturated rings. The smallest absolute Gasteiger partial charge is 0.248 e. The highest BCUT2D eigenvalue weighted by molar-refractivity contribution is 5.89. The Morgan fingerprint density at radius 1 is 0.553 bits per heavy atom. The van der Waals surface area contributed by atoms with Crippen LogP contribution < -0.4 is 4.74 Å². The Kier molecular flexibility index (Phi) is 13.2. The van der Waals surface area contributed by atoms with Crippen molar-refractivity contribution in [3.8, 4) is 40.1 Å². The zero-order chi connectivity index (χ0) is 32.7. The molecule has 3 aromatic carbocycles. The summed E-state index contributed by atoms with van der Waals surface area (Å²) >= 11 is 0. The number of nitrogens with zero attached hydrogens (tertiary/aromatic N) is 4. The number of benzene rings is 3. The van der Waals surface area contributed by atoms with Crippen LogP contribution in [0, 0.1) is 13.8 Å². The second-order valence-corrected chi connectivity index (χ2v) is 12.6. The molecule has 0 N–H and O–H groups in total. The van der Waals surface area contributed by atoms with Crippen molar-refractivity contribution < 1.29 is 13.6 Å². The maximum absolute atomic E-state index is 6.14. The first kappa shape index (κ1) is 34.1. The average Bonchev–Trinajstić information content (AvgIpc) is 3.75. The van der Waals surface area contributed by atoms with Crippen LogP contribution in [0.15, 0.2) is 75.6 Å². The van der Waals surface area contributed by atoms with Crippen molar-refractivity contribution in [3.05, 3.63) is 78.2 Å². The minimum Gasteiger partial charge on any atom is -0.494 e. The zero-order valence-electron chi connectivity index (χ0n) is 28.5. The largest absolute Gasteiger partial charge is 0.494 e. The first-order valence-electron chi connectivity index (χ1n) is 17.7. The van der Waals surface area contributed by atoms with Gasteiger partial charge in [-0.15, -0.1) is 20.4 Å². The molecule has 0 spiro atoms. The van der Waals surface area contributed by atoms with Gasteiger partial charge in [0.05, 0.1) is 6.61 Å². The second kappa shape index (κ2) is 18.2. The number of hydrogen-bond acceptors (Lipinski definition) is 7. The van der Waals surface area contributed by atoms with Gasteiger partial charge in [-0.1, -0.05) is 89.0 Å². The molecule has 7 heteroatoms. The first-order valence-corrected chi connectivity index (χ1v) is 17.7. The van der Waals surface area contributed by atoms with Crippen LogP contribution in [0.25, 0.3) is 45.1 Å². The normalized spacial score (nSPS) is 11.6. The molecule has 0 unspecified atom stereocenters. The predicted molar refractivity (Wildman–Crippen MR) is 190 cm³/mol. The van der Waals surface area contributed by atoms with E-state index in [2.05, 4.69) is 64.6 Å². The van der Waals surface area contributed by atoms with Crippen LogP contribution >= 0.6 is 0 Å². The standard InChI is InChI=1S/C40H50N4O3/c1-4-5-6-7-8-9-10-11-12-13-14-15-16-17-18-19-24-45-37-26-30(2)25-36(29-37)40-44-43-39(47-40)35-23-21-32-27-34(22-20-33(32)28-35)38-42-41-31(3)46-38/h11-12,20-23,25-29H,4-10,13-19,24H2,1-3H3. The predicted octanol–water partition coefficient (Wildman–Crippen LogP) is 11.6. The van der Waals surface area contributed by atoms with Gasteiger partial charge in [0.1, 0.15) is 5.75 Å². The number of hydrogen-bond donors (Lipinski definition) is 0. The minimum absolute atomic E-state index is 0.478. The molecule has 0 aliphatic heterocycles. The van der Waals surface area contributed by atoms with E-state index in [1.807, 2.05) is 36.4 Å². The highest BCUT2D eigenvalue weighted by Gasteiger charge is 2.14. The lowest BCUT2D eigenvalue weighted by atomic mass is 10.0. The molecule has 0 saturated heterocycles. The molecule has 248 valence electrons. The second-order valence-electron chi connectivity index (χ2n) is 12.6. The minimum atomic E-state index is 0.478. The van der Waals surface area contributed by atoms with Gasteiger partial charge in [-0.3, -0.25) is 0 Å². The van der Waals surface area contributed by atoms with Gasteiger partial charge in [0.2, 0.25) is 23.6 Å². The summed E-state index contributed by atoms with van der Waals surface area (Å²) in [5.41, 5.74) is 3.70. The number of aryl methyl sites for hydroxylation is 2. The molecule has 5 aromatic rings. The summed E-state index contributed by atoms with van der Waals surface area (Å²) in [6.07, 6.45) is 23.0. The summed E-state index contributed by atoms with van der Waals surface area (Å²) in [6, 6.07) is 18.2. The summed E-state index contributed by atoms with van der Waals surface area (Å²) in [4.78, 5) is 0. The van der Waals surface area contributed by atoms with Crippen molar-refractivity contribution in [2.75, 3.05) is 6.61 Å². The van der Waals surface area contributed by atoms with Crippen LogP contribution in [0.5, 0.6) is 5.75 Å². The molecular formula is C40H50N4O3. The average molecular weight is 635 g/mol. The third-order valence-corrected chi connectivity index (χ3v) is 8.51. The number of allylic oxidation sites excluding steroid dienone is 2. The van der Waals surface area contributed by atoms with Crippen LogP contribution in [0.3, 0.4) is 0 Å². The number of unbranched alkanes of at least 4 members (excludes halogenated alkanes) is 12. The summed E-state index contributed by atoms with van der Waals surface area (Å²) in [5, 5.41) is 18.9. The Bertz CT molecular complexity index is 1700. The molecule has 0 radical (unpaired) electrons. The lowest BCUT2D eigenvalue weighted by Crippen LogP contribution is -1.98. The molecule has 5 rings (SSSR count). The number of aromatic nitrogens is 4. The van der Waals surface area contributed by atoms with Gasteiger partial charge in [-0.05, 0) is 97.8 Å². The Morgan fingerprint density at radius 3 is 1.72 bits per heavy atom. The van der Waals surface area contributed by atoms with Crippen molar-refractivity contribution in [1.82, 2.24) is 20.4 Å². The first-order chi connectivity index (χ1) is 23.1. The van der Waals surface area contributed by atoms with E-state index in [0.717, 1.165) is 45.2 Å². The molecule has 0 bridgehead atoms. The topological polar surface area (TPSA) is 87.1 Å². The van der Waals surface area contributed by atoms with E-state index >= 15 is 0 Å². The van der Waals surface area contributed by atoms with Crippen LogP contribution in [0.4, 0.5) is 0 Å². The maximum Gasteiger partial charge on any atom is 0.248 e. The number of rotatable bonds is 20. The molecular weight excluding hydrogens is 584 g/mol. The lowest BCUT2D eigenvalue weighted by molar-refractivity contribution is 0.304. The van der Waals surface area contributed by atoms with Gasteiger partial charge in [-0.25, -0.2) is 0 Å². The quantitative estimate of drug-likeness (QED) is 0.0621. The molecule has 0 saturated carbocycles. The van der Waals surface area contributed by atoms with Crippen LogP contribution in [0.1, 0.15) is 108 Å². The van der Waals surface area contributed by atoms with Crippen LogP contribution in [0.2, 0.25) is 0 Å². The maximum atomic E-state index is 6.14. The highest BCUT2D eigenvalue weighted by atomic mass is 16.5. The summed E-state index contributed by atoms with van der Waals surface area (Å²) < 4.78 is 17.8. The molecule has 0 amide bonds. The van der Waals surface area contributed by atoms with E-state index in [1.165, 1.54) is 83.5 Å². The third kappa shape index (κ3) is 10.6. The van der Waals surface area contributed by atoms with Gasteiger partial charge < -0.3 is 13.6 Å². The Labute approximate surface area is 279 Å². The van der Waals surface area contributed by atoms with E-state index < -0.39 is 0 Å². The molecule has 7 nitrogen and oxygen atoms in total. The number of ether oxygens (including phenoxy) is 1. The zero-order valence-corrected chi connectivity index (χ0v) is 28.5. The van der Waals surface area contributed by atoms with Crippen molar-refractivity contribution in [2.45, 2.75) is 111 Å². The SMILES string of the molecule is CCCCCCCCC=CCCCCCCCCOc1cc(C)cc(-c2nnc(-c3ccc4cc(-c5nnc(C)o5)ccc4c3)o2)c1. The summed E-state index contributed by atoms with van der Waals surface area (Å²) in [5.74, 6) is 2.85. The fourth-order valence-corrected chi connectivity index (χ4v) is 5.88. The third-order valence-electron chi connectivity index (χ3n) is 8.51. The van der Waals surface area contributed by atoms with Crippen molar-refractivity contribution in [3.63, 3.8) is 0 Å². The van der Waals surface area contributed by atoms with Gasteiger partial charge in [0, 0.05) is 23.6 Å². The van der Waals surface area contributed by atoms with Gasteiger partial charge >= 0.3 is 0 Å². The summed E-state index contributed by atoms with van der Waals surface area (Å²) in [6.45, 7) is 6.84. The van der Waals surface area contributed by atoms with Gasteiger partial charge in [0.15, 0.2) is 0 Å². The van der Waals surface area contributed by atoms with E-state index in [1.54, 1.807) is 6.92 Å². The lowest BCUT2D eigenvalue weighted by Gasteiger charge is -2.08. The Morgan fingerprint density at radius 2 is 1.11 bits per heavy atom. The van der Waals surface area contributed by atoms with E-state index in [9.17, 15) is 0 Å². The fraction of sp³-hybridized carbons (Fsp3) is 0.450. The number of fused-ring (bicyclic) bond motifs is 1. The highest BCUT2D eigenvalue weighted by Crippen LogP contribution is 2.31. The molecule has 2 heterocycles. The van der Waals surface area contributed by atoms with E-state index in [0.29, 0.717) is 30.2 Å². The van der Waals surface area contributed by atoms with Crippen LogP contribution in [-0.2, 0) is 0 Å². The van der Waals surface area contributed by atoms with E-state index in [-0.39, 0.29) is 0 Å².